The van der Waals surface area contributed by atoms with Crippen LogP contribution in [-0.4, -0.2) is 4.98 Å². The molecule has 0 aliphatic carbocycles. The molecular formula is C31H29N3O. The summed E-state index contributed by atoms with van der Waals surface area (Å²) in [4.78, 5) is 9.47. The number of hydrogen-bond donors (Lipinski definition) is 0. The fourth-order valence-corrected chi connectivity index (χ4v) is 5.56. The second-order valence-electron chi connectivity index (χ2n) is 9.55. The highest BCUT2D eigenvalue weighted by molar-refractivity contribution is 6.09. The van der Waals surface area contributed by atoms with Gasteiger partial charge < -0.3 is 14.2 Å². The average Bonchev–Trinajstić information content (AvgIpc) is 3.40. The van der Waals surface area contributed by atoms with Crippen LogP contribution in [0.3, 0.4) is 0 Å². The van der Waals surface area contributed by atoms with Gasteiger partial charge in [0.25, 0.3) is 0 Å². The Balaban J connectivity index is 1.67. The zero-order chi connectivity index (χ0) is 24.1. The van der Waals surface area contributed by atoms with E-state index < -0.39 is 0 Å². The fourth-order valence-electron chi connectivity index (χ4n) is 5.56. The molecule has 0 amide bonds. The average molecular weight is 460 g/mol. The van der Waals surface area contributed by atoms with Gasteiger partial charge >= 0.3 is 0 Å². The largest absolute Gasteiger partial charge is 0.435 e. The third-order valence-corrected chi connectivity index (χ3v) is 6.99. The summed E-state index contributed by atoms with van der Waals surface area (Å²) in [5, 5.41) is 2.14. The number of nitrogens with zero attached hydrogens (tertiary/aromatic N) is 3. The van der Waals surface area contributed by atoms with E-state index in [0.29, 0.717) is 11.6 Å². The van der Waals surface area contributed by atoms with Crippen molar-refractivity contribution < 1.29 is 4.42 Å². The first-order chi connectivity index (χ1) is 17.1. The van der Waals surface area contributed by atoms with Gasteiger partial charge in [0.05, 0.1) is 5.69 Å². The van der Waals surface area contributed by atoms with E-state index >= 15 is 0 Å². The normalized spacial score (nSPS) is 16.3. The van der Waals surface area contributed by atoms with Gasteiger partial charge in [-0.2, -0.15) is 0 Å². The van der Waals surface area contributed by atoms with Gasteiger partial charge in [-0.05, 0) is 55.2 Å². The van der Waals surface area contributed by atoms with Crippen molar-refractivity contribution >= 4 is 33.4 Å². The zero-order valence-electron chi connectivity index (χ0n) is 20.6. The number of allylic oxidation sites excluding steroid dienone is 2. The summed E-state index contributed by atoms with van der Waals surface area (Å²) in [6.45, 7) is 8.97. The lowest BCUT2D eigenvalue weighted by atomic mass is 10.1. The molecule has 0 N–H and O–H groups in total. The van der Waals surface area contributed by atoms with Crippen LogP contribution < -0.4 is 9.80 Å². The Kier molecular flexibility index (Phi) is 5.10. The van der Waals surface area contributed by atoms with Gasteiger partial charge in [-0.1, -0.05) is 74.5 Å². The molecule has 5 aromatic rings. The summed E-state index contributed by atoms with van der Waals surface area (Å²) in [7, 11) is 0. The number of anilines is 2. The molecule has 3 heterocycles. The van der Waals surface area contributed by atoms with Gasteiger partial charge in [0.2, 0.25) is 5.71 Å². The second kappa shape index (κ2) is 8.31. The van der Waals surface area contributed by atoms with Crippen LogP contribution in [0.1, 0.15) is 38.1 Å². The van der Waals surface area contributed by atoms with E-state index in [1.807, 2.05) is 6.07 Å². The minimum atomic E-state index is -0.0403. The van der Waals surface area contributed by atoms with Crippen molar-refractivity contribution in [3.05, 3.63) is 114 Å². The number of para-hydroxylation sites is 1. The molecule has 1 aliphatic rings. The maximum absolute atomic E-state index is 6.45. The van der Waals surface area contributed by atoms with Crippen molar-refractivity contribution in [2.75, 3.05) is 9.80 Å². The van der Waals surface area contributed by atoms with E-state index in [1.165, 1.54) is 28.2 Å². The SMILES string of the molecule is CC1=C(C(C)C)N(c2ccccc2)C(c2ccccc2)N1c1c(C)ccc2c1oc1ncccc12. The second-order valence-corrected chi connectivity index (χ2v) is 9.55. The first-order valence-electron chi connectivity index (χ1n) is 12.2. The molecule has 35 heavy (non-hydrogen) atoms. The molecule has 0 saturated carbocycles. The molecule has 4 nitrogen and oxygen atoms in total. The molecule has 3 aromatic carbocycles. The monoisotopic (exact) mass is 459 g/mol. The van der Waals surface area contributed by atoms with Gasteiger partial charge in [-0.25, -0.2) is 4.98 Å². The number of aromatic nitrogens is 1. The molecule has 2 aromatic heterocycles. The number of furan rings is 1. The molecule has 0 bridgehead atoms. The molecule has 174 valence electrons. The third-order valence-electron chi connectivity index (χ3n) is 6.99. The number of rotatable bonds is 4. The Bertz CT molecular complexity index is 1550. The van der Waals surface area contributed by atoms with Crippen molar-refractivity contribution in [1.29, 1.82) is 0 Å². The molecule has 1 aliphatic heterocycles. The first kappa shape index (κ1) is 21.5. The molecular weight excluding hydrogens is 430 g/mol. The summed E-state index contributed by atoms with van der Waals surface area (Å²) in [5.74, 6) is 0.336. The Morgan fingerprint density at radius 3 is 2.20 bits per heavy atom. The molecule has 1 unspecified atom stereocenters. The van der Waals surface area contributed by atoms with Crippen LogP contribution in [0.4, 0.5) is 11.4 Å². The molecule has 1 atom stereocenters. The van der Waals surface area contributed by atoms with E-state index in [4.69, 9.17) is 4.42 Å². The summed E-state index contributed by atoms with van der Waals surface area (Å²) in [6, 6.07) is 29.9. The van der Waals surface area contributed by atoms with E-state index in [-0.39, 0.29) is 6.17 Å². The van der Waals surface area contributed by atoms with Crippen molar-refractivity contribution in [2.45, 2.75) is 33.9 Å². The van der Waals surface area contributed by atoms with Crippen molar-refractivity contribution in [3.63, 3.8) is 0 Å². The van der Waals surface area contributed by atoms with Gasteiger partial charge in [-0.15, -0.1) is 0 Å². The van der Waals surface area contributed by atoms with E-state index in [1.54, 1.807) is 6.20 Å². The van der Waals surface area contributed by atoms with E-state index in [2.05, 4.69) is 121 Å². The van der Waals surface area contributed by atoms with Crippen LogP contribution >= 0.6 is 0 Å². The van der Waals surface area contributed by atoms with Crippen molar-refractivity contribution in [1.82, 2.24) is 4.98 Å². The van der Waals surface area contributed by atoms with Crippen LogP contribution in [0, 0.1) is 12.8 Å². The summed E-state index contributed by atoms with van der Waals surface area (Å²) in [5.41, 5.74) is 8.81. The quantitative estimate of drug-likeness (QED) is 0.271. The van der Waals surface area contributed by atoms with Crippen LogP contribution in [0.5, 0.6) is 0 Å². The highest BCUT2D eigenvalue weighted by atomic mass is 16.3. The lowest BCUT2D eigenvalue weighted by Crippen LogP contribution is -2.34. The summed E-state index contributed by atoms with van der Waals surface area (Å²) >= 11 is 0. The Morgan fingerprint density at radius 2 is 1.49 bits per heavy atom. The highest BCUT2D eigenvalue weighted by Gasteiger charge is 2.41. The molecule has 4 heteroatoms. The standard InChI is InChI=1S/C31H29N3O/c1-20(2)27-22(4)33(28-21(3)17-18-25-26-16-11-19-32-30(26)35-29(25)28)31(23-12-7-5-8-13-23)34(27)24-14-9-6-10-15-24/h5-20,31H,1-4H3. The zero-order valence-corrected chi connectivity index (χ0v) is 20.6. The number of fused-ring (bicyclic) bond motifs is 3. The van der Waals surface area contributed by atoms with Gasteiger partial charge in [0, 0.05) is 34.1 Å². The molecule has 0 spiro atoms. The minimum absolute atomic E-state index is 0.0403. The maximum atomic E-state index is 6.45. The minimum Gasteiger partial charge on any atom is -0.435 e. The van der Waals surface area contributed by atoms with E-state index in [0.717, 1.165) is 22.0 Å². The Hall–Kier alpha value is -4.05. The van der Waals surface area contributed by atoms with Crippen LogP contribution in [-0.2, 0) is 0 Å². The maximum Gasteiger partial charge on any atom is 0.227 e. The lowest BCUT2D eigenvalue weighted by Gasteiger charge is -2.36. The van der Waals surface area contributed by atoms with Crippen molar-refractivity contribution in [2.24, 2.45) is 5.92 Å². The van der Waals surface area contributed by atoms with Gasteiger partial charge in [-0.3, -0.25) is 0 Å². The Labute approximate surface area is 206 Å². The molecule has 0 saturated heterocycles. The molecule has 0 radical (unpaired) electrons. The smallest absolute Gasteiger partial charge is 0.227 e. The topological polar surface area (TPSA) is 32.5 Å². The lowest BCUT2D eigenvalue weighted by molar-refractivity contribution is 0.640. The highest BCUT2D eigenvalue weighted by Crippen LogP contribution is 2.50. The van der Waals surface area contributed by atoms with Crippen LogP contribution in [0.2, 0.25) is 0 Å². The number of benzene rings is 3. The summed E-state index contributed by atoms with van der Waals surface area (Å²) < 4.78 is 6.45. The molecule has 6 rings (SSSR count). The van der Waals surface area contributed by atoms with Gasteiger partial charge in [0.15, 0.2) is 5.58 Å². The number of hydrogen-bond acceptors (Lipinski definition) is 4. The Morgan fingerprint density at radius 1 is 0.771 bits per heavy atom. The number of pyridine rings is 1. The van der Waals surface area contributed by atoms with Crippen molar-refractivity contribution in [3.8, 4) is 0 Å². The summed E-state index contributed by atoms with van der Waals surface area (Å²) in [6.07, 6.45) is 1.75. The number of aryl methyl sites for hydroxylation is 1. The van der Waals surface area contributed by atoms with Crippen LogP contribution in [0.25, 0.3) is 22.1 Å². The predicted molar refractivity (Wildman–Crippen MR) is 144 cm³/mol. The van der Waals surface area contributed by atoms with Crippen LogP contribution in [0.15, 0.2) is 107 Å². The predicted octanol–water partition coefficient (Wildman–Crippen LogP) is 8.20. The third kappa shape index (κ3) is 3.32. The fraction of sp³-hybridized carbons (Fsp3) is 0.194. The van der Waals surface area contributed by atoms with Gasteiger partial charge in [0.1, 0.15) is 6.17 Å². The molecule has 0 fully saturated rings. The van der Waals surface area contributed by atoms with E-state index in [9.17, 15) is 0 Å². The first-order valence-corrected chi connectivity index (χ1v) is 12.2.